The number of ether oxygens (including phenoxy) is 3. The number of benzene rings is 2. The minimum absolute atomic E-state index is 0.0200. The molecule has 0 bridgehead atoms. The van der Waals surface area contributed by atoms with Crippen LogP contribution in [0.5, 0.6) is 23.0 Å². The first-order valence-corrected chi connectivity index (χ1v) is 7.56. The summed E-state index contributed by atoms with van der Waals surface area (Å²) >= 11 is 0. The van der Waals surface area contributed by atoms with Crippen molar-refractivity contribution in [3.8, 4) is 23.0 Å². The van der Waals surface area contributed by atoms with Crippen LogP contribution in [-0.2, 0) is 0 Å². The van der Waals surface area contributed by atoms with Gasteiger partial charge in [0.2, 0.25) is 0 Å². The molecule has 0 heterocycles. The summed E-state index contributed by atoms with van der Waals surface area (Å²) in [6.07, 6.45) is 0.884. The van der Waals surface area contributed by atoms with Gasteiger partial charge in [0, 0.05) is 0 Å². The maximum Gasteiger partial charge on any atom is 0.198 e. The summed E-state index contributed by atoms with van der Waals surface area (Å²) in [6, 6.07) is 4.50. The van der Waals surface area contributed by atoms with Crippen LogP contribution >= 0.6 is 0 Å². The Hall–Kier alpha value is -2.96. The van der Waals surface area contributed by atoms with Gasteiger partial charge in [-0.15, -0.1) is 0 Å². The predicted octanol–water partition coefficient (Wildman–Crippen LogP) is 4.18. The molecule has 0 atom stereocenters. The van der Waals surface area contributed by atoms with Crippen LogP contribution in [-0.4, -0.2) is 25.8 Å². The second kappa shape index (κ2) is 8.23. The molecule has 0 aliphatic rings. The first kappa shape index (κ1) is 18.4. The van der Waals surface area contributed by atoms with Crippen LogP contribution in [0.25, 0.3) is 0 Å². The van der Waals surface area contributed by atoms with Crippen molar-refractivity contribution >= 4 is 12.6 Å². The van der Waals surface area contributed by atoms with E-state index in [2.05, 4.69) is 0 Å². The Morgan fingerprint density at radius 3 is 1.48 bits per heavy atom. The zero-order chi connectivity index (χ0) is 18.4. The standard InChI is InChI=1S/C18H16F2O5/c1-3-23-17-13(19)7-5-11(9-21)15(17)25-16-12(10-22)6-8-14(20)18(16)24-4-2/h5-10H,3-4H2,1-2H3. The summed E-state index contributed by atoms with van der Waals surface area (Å²) in [5, 5.41) is 0. The molecule has 0 fully saturated rings. The number of hydrogen-bond acceptors (Lipinski definition) is 5. The van der Waals surface area contributed by atoms with Gasteiger partial charge in [0.1, 0.15) is 0 Å². The average Bonchev–Trinajstić information content (AvgIpc) is 2.61. The summed E-state index contributed by atoms with van der Waals surface area (Å²) in [4.78, 5) is 22.6. The SMILES string of the molecule is CCOc1c(F)ccc(C=O)c1Oc1c(C=O)ccc(F)c1OCC. The molecule has 2 rings (SSSR count). The van der Waals surface area contributed by atoms with E-state index < -0.39 is 11.6 Å². The van der Waals surface area contributed by atoms with Gasteiger partial charge in [-0.05, 0) is 38.1 Å². The lowest BCUT2D eigenvalue weighted by Gasteiger charge is -2.18. The van der Waals surface area contributed by atoms with Crippen LogP contribution in [0.2, 0.25) is 0 Å². The molecule has 2 aromatic rings. The summed E-state index contributed by atoms with van der Waals surface area (Å²) in [6.45, 7) is 3.47. The van der Waals surface area contributed by atoms with E-state index in [0.29, 0.717) is 12.6 Å². The van der Waals surface area contributed by atoms with Gasteiger partial charge >= 0.3 is 0 Å². The maximum atomic E-state index is 14.1. The Morgan fingerprint density at radius 1 is 0.760 bits per heavy atom. The van der Waals surface area contributed by atoms with Crippen LogP contribution in [0, 0.1) is 11.6 Å². The zero-order valence-corrected chi connectivity index (χ0v) is 13.7. The number of carbonyl (C=O) groups is 2. The summed E-state index contributed by atoms with van der Waals surface area (Å²) < 4.78 is 44.1. The van der Waals surface area contributed by atoms with E-state index in [4.69, 9.17) is 14.2 Å². The van der Waals surface area contributed by atoms with E-state index in [9.17, 15) is 18.4 Å². The van der Waals surface area contributed by atoms with Crippen LogP contribution in [0.15, 0.2) is 24.3 Å². The van der Waals surface area contributed by atoms with Crippen molar-refractivity contribution < 1.29 is 32.6 Å². The quantitative estimate of drug-likeness (QED) is 0.669. The lowest BCUT2D eigenvalue weighted by molar-refractivity contribution is 0.111. The molecular formula is C18H16F2O5. The minimum atomic E-state index is -0.760. The van der Waals surface area contributed by atoms with E-state index >= 15 is 0 Å². The Bertz CT molecular complexity index is 724. The Morgan fingerprint density at radius 2 is 1.16 bits per heavy atom. The highest BCUT2D eigenvalue weighted by Gasteiger charge is 2.23. The van der Waals surface area contributed by atoms with Crippen molar-refractivity contribution in [2.75, 3.05) is 13.2 Å². The number of halogens is 2. The molecule has 0 aliphatic carbocycles. The molecule has 0 saturated heterocycles. The average molecular weight is 350 g/mol. The summed E-state index contributed by atoms with van der Waals surface area (Å²) in [7, 11) is 0. The van der Waals surface area contributed by atoms with Gasteiger partial charge in [0.15, 0.2) is 47.2 Å². The topological polar surface area (TPSA) is 61.8 Å². The zero-order valence-electron chi connectivity index (χ0n) is 13.7. The van der Waals surface area contributed by atoms with Crippen LogP contribution in [0.3, 0.4) is 0 Å². The highest BCUT2D eigenvalue weighted by Crippen LogP contribution is 2.42. The largest absolute Gasteiger partial charge is 0.487 e. The molecule has 0 spiro atoms. The smallest absolute Gasteiger partial charge is 0.198 e. The van der Waals surface area contributed by atoms with Crippen molar-refractivity contribution in [2.45, 2.75) is 13.8 Å². The van der Waals surface area contributed by atoms with Gasteiger partial charge in [-0.25, -0.2) is 8.78 Å². The number of hydrogen-bond donors (Lipinski definition) is 0. The highest BCUT2D eigenvalue weighted by atomic mass is 19.1. The van der Waals surface area contributed by atoms with Crippen molar-refractivity contribution in [3.05, 3.63) is 47.0 Å². The van der Waals surface area contributed by atoms with E-state index in [0.717, 1.165) is 12.1 Å². The van der Waals surface area contributed by atoms with Gasteiger partial charge in [-0.1, -0.05) is 0 Å². The van der Waals surface area contributed by atoms with Gasteiger partial charge in [-0.2, -0.15) is 0 Å². The third kappa shape index (κ3) is 3.76. The fourth-order valence-electron chi connectivity index (χ4n) is 2.16. The van der Waals surface area contributed by atoms with Gasteiger partial charge < -0.3 is 14.2 Å². The molecule has 132 valence electrons. The molecule has 0 aromatic heterocycles. The molecule has 25 heavy (non-hydrogen) atoms. The lowest BCUT2D eigenvalue weighted by Crippen LogP contribution is -2.05. The van der Waals surface area contributed by atoms with Crippen molar-refractivity contribution in [2.24, 2.45) is 0 Å². The molecule has 0 saturated carbocycles. The van der Waals surface area contributed by atoms with E-state index in [1.807, 2.05) is 0 Å². The van der Waals surface area contributed by atoms with Crippen LogP contribution in [0.1, 0.15) is 34.6 Å². The van der Waals surface area contributed by atoms with E-state index in [1.165, 1.54) is 12.1 Å². The second-order valence-corrected chi connectivity index (χ2v) is 4.79. The first-order valence-electron chi connectivity index (χ1n) is 7.56. The van der Waals surface area contributed by atoms with Gasteiger partial charge in [-0.3, -0.25) is 9.59 Å². The van der Waals surface area contributed by atoms with E-state index in [-0.39, 0.29) is 47.3 Å². The molecule has 2 aromatic carbocycles. The fourth-order valence-corrected chi connectivity index (χ4v) is 2.16. The highest BCUT2D eigenvalue weighted by molar-refractivity contribution is 5.84. The number of aldehydes is 2. The Kier molecular flexibility index (Phi) is 6.05. The summed E-state index contributed by atoms with van der Waals surface area (Å²) in [5.41, 5.74) is -0.0400. The van der Waals surface area contributed by atoms with Crippen molar-refractivity contribution in [1.29, 1.82) is 0 Å². The molecular weight excluding hydrogens is 334 g/mol. The van der Waals surface area contributed by atoms with Gasteiger partial charge in [0.05, 0.1) is 24.3 Å². The molecule has 0 unspecified atom stereocenters. The third-order valence-corrected chi connectivity index (χ3v) is 3.22. The molecule has 0 aliphatic heterocycles. The number of carbonyl (C=O) groups excluding carboxylic acids is 2. The molecule has 0 amide bonds. The van der Waals surface area contributed by atoms with Gasteiger partial charge in [0.25, 0.3) is 0 Å². The molecule has 0 radical (unpaired) electrons. The summed E-state index contributed by atoms with van der Waals surface area (Å²) in [5.74, 6) is -2.65. The Labute approximate surface area is 143 Å². The molecule has 7 heteroatoms. The van der Waals surface area contributed by atoms with Crippen molar-refractivity contribution in [1.82, 2.24) is 0 Å². The first-order chi connectivity index (χ1) is 12.1. The normalized spacial score (nSPS) is 10.2. The molecule has 5 nitrogen and oxygen atoms in total. The van der Waals surface area contributed by atoms with Crippen LogP contribution < -0.4 is 14.2 Å². The van der Waals surface area contributed by atoms with Crippen molar-refractivity contribution in [3.63, 3.8) is 0 Å². The van der Waals surface area contributed by atoms with Crippen LogP contribution in [0.4, 0.5) is 8.78 Å². The maximum absolute atomic E-state index is 14.1. The number of rotatable bonds is 8. The third-order valence-electron chi connectivity index (χ3n) is 3.22. The van der Waals surface area contributed by atoms with E-state index in [1.54, 1.807) is 13.8 Å². The minimum Gasteiger partial charge on any atom is -0.487 e. The lowest BCUT2D eigenvalue weighted by atomic mass is 10.1. The monoisotopic (exact) mass is 350 g/mol. The predicted molar refractivity (Wildman–Crippen MR) is 86.0 cm³/mol. The Balaban J connectivity index is 2.67. The fraction of sp³-hybridized carbons (Fsp3) is 0.222. The second-order valence-electron chi connectivity index (χ2n) is 4.79. The molecule has 0 N–H and O–H groups in total.